The Kier molecular flexibility index (Phi) is 8.88. The van der Waals surface area contributed by atoms with E-state index in [-0.39, 0.29) is 24.8 Å². The number of nitrogens with one attached hydrogen (secondary N) is 1. The van der Waals surface area contributed by atoms with Crippen molar-refractivity contribution >= 4 is 39.1 Å². The van der Waals surface area contributed by atoms with E-state index in [9.17, 15) is 18.0 Å². The van der Waals surface area contributed by atoms with Crippen LogP contribution in [0.1, 0.15) is 25.3 Å². The standard InChI is InChI=1S/C22H28ClN3O4S/c1-17(22(28)24-2)25(16-18-8-5-4-6-9-18)21(27)10-7-15-26(31(3,29)30)20-13-11-19(23)12-14-20/h4-6,8-9,11-14,17H,7,10,15-16H2,1-3H3,(H,24,28). The predicted molar refractivity (Wildman–Crippen MR) is 123 cm³/mol. The van der Waals surface area contributed by atoms with Crippen LogP contribution in [0.25, 0.3) is 0 Å². The van der Waals surface area contributed by atoms with Crippen LogP contribution in [-0.2, 0) is 26.2 Å². The van der Waals surface area contributed by atoms with Crippen molar-refractivity contribution in [1.82, 2.24) is 10.2 Å². The van der Waals surface area contributed by atoms with E-state index in [4.69, 9.17) is 11.6 Å². The summed E-state index contributed by atoms with van der Waals surface area (Å²) in [5, 5.41) is 3.08. The first kappa shape index (κ1) is 24.7. The lowest BCUT2D eigenvalue weighted by atomic mass is 10.1. The number of halogens is 1. The summed E-state index contributed by atoms with van der Waals surface area (Å²) in [5.74, 6) is -0.479. The number of amides is 2. The first-order chi connectivity index (χ1) is 14.6. The summed E-state index contributed by atoms with van der Waals surface area (Å²) in [6, 6.07) is 15.2. The summed E-state index contributed by atoms with van der Waals surface area (Å²) in [6.07, 6.45) is 1.53. The molecule has 2 aromatic rings. The van der Waals surface area contributed by atoms with E-state index in [0.29, 0.717) is 23.7 Å². The molecule has 1 N–H and O–H groups in total. The summed E-state index contributed by atoms with van der Waals surface area (Å²) < 4.78 is 25.7. The molecule has 0 radical (unpaired) electrons. The number of carbonyl (C=O) groups is 2. The third kappa shape index (κ3) is 7.25. The number of likely N-dealkylation sites (N-methyl/N-ethyl adjacent to an activating group) is 1. The van der Waals surface area contributed by atoms with Gasteiger partial charge in [0.05, 0.1) is 11.9 Å². The zero-order chi connectivity index (χ0) is 23.0. The summed E-state index contributed by atoms with van der Waals surface area (Å²) in [7, 11) is -2.00. The average Bonchev–Trinajstić information content (AvgIpc) is 2.74. The molecule has 0 saturated heterocycles. The number of nitrogens with zero attached hydrogens (tertiary/aromatic N) is 2. The zero-order valence-electron chi connectivity index (χ0n) is 17.9. The van der Waals surface area contributed by atoms with Crippen LogP contribution in [0.2, 0.25) is 5.02 Å². The first-order valence-electron chi connectivity index (χ1n) is 9.91. The minimum Gasteiger partial charge on any atom is -0.357 e. The molecule has 0 aliphatic carbocycles. The van der Waals surface area contributed by atoms with Gasteiger partial charge in [-0.1, -0.05) is 41.9 Å². The van der Waals surface area contributed by atoms with Crippen LogP contribution in [0.15, 0.2) is 54.6 Å². The molecule has 0 heterocycles. The van der Waals surface area contributed by atoms with E-state index in [1.165, 1.54) is 16.3 Å². The fourth-order valence-electron chi connectivity index (χ4n) is 3.18. The van der Waals surface area contributed by atoms with E-state index in [2.05, 4.69) is 5.32 Å². The number of hydrogen-bond acceptors (Lipinski definition) is 4. The van der Waals surface area contributed by atoms with Crippen LogP contribution in [0.3, 0.4) is 0 Å². The van der Waals surface area contributed by atoms with Gasteiger partial charge in [-0.25, -0.2) is 8.42 Å². The highest BCUT2D eigenvalue weighted by atomic mass is 35.5. The lowest BCUT2D eigenvalue weighted by molar-refractivity contribution is -0.140. The molecule has 0 fully saturated rings. The first-order valence-corrected chi connectivity index (χ1v) is 12.1. The van der Waals surface area contributed by atoms with Gasteiger partial charge >= 0.3 is 0 Å². The highest BCUT2D eigenvalue weighted by Gasteiger charge is 2.26. The Morgan fingerprint density at radius 3 is 2.23 bits per heavy atom. The fraction of sp³-hybridized carbons (Fsp3) is 0.364. The molecule has 0 aliphatic heterocycles. The molecule has 2 aromatic carbocycles. The van der Waals surface area contributed by atoms with Crippen molar-refractivity contribution in [3.63, 3.8) is 0 Å². The Hall–Kier alpha value is -2.58. The molecule has 1 unspecified atom stereocenters. The molecule has 1 atom stereocenters. The van der Waals surface area contributed by atoms with Gasteiger partial charge in [0.2, 0.25) is 21.8 Å². The van der Waals surface area contributed by atoms with Gasteiger partial charge in [-0.3, -0.25) is 13.9 Å². The number of sulfonamides is 1. The molecule has 0 aromatic heterocycles. The zero-order valence-corrected chi connectivity index (χ0v) is 19.5. The highest BCUT2D eigenvalue weighted by Crippen LogP contribution is 2.21. The molecule has 2 rings (SSSR count). The molecule has 0 spiro atoms. The van der Waals surface area contributed by atoms with Crippen LogP contribution in [0.4, 0.5) is 5.69 Å². The Balaban J connectivity index is 2.11. The Bertz CT molecular complexity index is 982. The molecule has 0 bridgehead atoms. The van der Waals surface area contributed by atoms with Crippen molar-refractivity contribution in [1.29, 1.82) is 0 Å². The van der Waals surface area contributed by atoms with Crippen molar-refractivity contribution < 1.29 is 18.0 Å². The second-order valence-electron chi connectivity index (χ2n) is 7.21. The quantitative estimate of drug-likeness (QED) is 0.584. The van der Waals surface area contributed by atoms with Gasteiger partial charge in [0.1, 0.15) is 6.04 Å². The molecular formula is C22H28ClN3O4S. The topological polar surface area (TPSA) is 86.8 Å². The number of benzene rings is 2. The third-order valence-electron chi connectivity index (χ3n) is 4.88. The lowest BCUT2D eigenvalue weighted by Crippen LogP contribution is -2.46. The molecule has 31 heavy (non-hydrogen) atoms. The molecule has 2 amide bonds. The minimum absolute atomic E-state index is 0.105. The normalized spacial score (nSPS) is 12.1. The van der Waals surface area contributed by atoms with E-state index in [1.54, 1.807) is 31.2 Å². The SMILES string of the molecule is CNC(=O)C(C)N(Cc1ccccc1)C(=O)CCCN(c1ccc(Cl)cc1)S(C)(=O)=O. The molecule has 9 heteroatoms. The smallest absolute Gasteiger partial charge is 0.242 e. The van der Waals surface area contributed by atoms with E-state index in [0.717, 1.165) is 11.8 Å². The van der Waals surface area contributed by atoms with Crippen LogP contribution < -0.4 is 9.62 Å². The monoisotopic (exact) mass is 465 g/mol. The van der Waals surface area contributed by atoms with Gasteiger partial charge in [-0.05, 0) is 43.2 Å². The molecule has 0 saturated carbocycles. The number of anilines is 1. The van der Waals surface area contributed by atoms with Crippen LogP contribution in [0, 0.1) is 0 Å². The summed E-state index contributed by atoms with van der Waals surface area (Å²) in [6.45, 7) is 2.11. The molecule has 168 valence electrons. The van der Waals surface area contributed by atoms with Gasteiger partial charge in [0.25, 0.3) is 0 Å². The number of hydrogen-bond donors (Lipinski definition) is 1. The molecule has 7 nitrogen and oxygen atoms in total. The van der Waals surface area contributed by atoms with Crippen molar-refractivity contribution in [2.75, 3.05) is 24.2 Å². The van der Waals surface area contributed by atoms with E-state index < -0.39 is 16.1 Å². The Morgan fingerprint density at radius 1 is 1.06 bits per heavy atom. The van der Waals surface area contributed by atoms with Gasteiger partial charge in [0, 0.05) is 31.6 Å². The third-order valence-corrected chi connectivity index (χ3v) is 6.32. The van der Waals surface area contributed by atoms with Crippen molar-refractivity contribution in [2.24, 2.45) is 0 Å². The lowest BCUT2D eigenvalue weighted by Gasteiger charge is -2.29. The summed E-state index contributed by atoms with van der Waals surface area (Å²) >= 11 is 5.89. The summed E-state index contributed by atoms with van der Waals surface area (Å²) in [5.41, 5.74) is 1.39. The Morgan fingerprint density at radius 2 is 1.68 bits per heavy atom. The molecule has 0 aliphatic rings. The maximum absolute atomic E-state index is 13.0. The van der Waals surface area contributed by atoms with Crippen molar-refractivity contribution in [2.45, 2.75) is 32.4 Å². The highest BCUT2D eigenvalue weighted by molar-refractivity contribution is 7.92. The van der Waals surface area contributed by atoms with Crippen LogP contribution in [-0.4, -0.2) is 51.0 Å². The van der Waals surface area contributed by atoms with Gasteiger partial charge < -0.3 is 10.2 Å². The summed E-state index contributed by atoms with van der Waals surface area (Å²) in [4.78, 5) is 26.7. The van der Waals surface area contributed by atoms with Gasteiger partial charge in [0.15, 0.2) is 0 Å². The maximum Gasteiger partial charge on any atom is 0.242 e. The second-order valence-corrected chi connectivity index (χ2v) is 9.56. The average molecular weight is 466 g/mol. The van der Waals surface area contributed by atoms with Crippen molar-refractivity contribution in [3.8, 4) is 0 Å². The largest absolute Gasteiger partial charge is 0.357 e. The number of rotatable bonds is 10. The number of carbonyl (C=O) groups excluding carboxylic acids is 2. The van der Waals surface area contributed by atoms with E-state index in [1.807, 2.05) is 30.3 Å². The van der Waals surface area contributed by atoms with Crippen LogP contribution >= 0.6 is 11.6 Å². The molecular weight excluding hydrogens is 438 g/mol. The maximum atomic E-state index is 13.0. The van der Waals surface area contributed by atoms with E-state index >= 15 is 0 Å². The minimum atomic E-state index is -3.53. The second kappa shape index (κ2) is 11.2. The van der Waals surface area contributed by atoms with Gasteiger partial charge in [-0.15, -0.1) is 0 Å². The van der Waals surface area contributed by atoms with Crippen LogP contribution in [0.5, 0.6) is 0 Å². The van der Waals surface area contributed by atoms with Crippen molar-refractivity contribution in [3.05, 3.63) is 65.2 Å². The Labute approximate surface area is 189 Å². The van der Waals surface area contributed by atoms with Gasteiger partial charge in [-0.2, -0.15) is 0 Å². The fourth-order valence-corrected chi connectivity index (χ4v) is 4.27. The predicted octanol–water partition coefficient (Wildman–Crippen LogP) is 3.05.